The monoisotopic (exact) mass is 355 g/mol. The summed E-state index contributed by atoms with van der Waals surface area (Å²) < 4.78 is 1.10. The van der Waals surface area contributed by atoms with Gasteiger partial charge in [-0.25, -0.2) is 0 Å². The topological polar surface area (TPSA) is 31.1 Å². The van der Waals surface area contributed by atoms with E-state index in [9.17, 15) is 0 Å². The number of piperazine rings is 1. The summed E-state index contributed by atoms with van der Waals surface area (Å²) in [5, 5.41) is 5.42. The van der Waals surface area contributed by atoms with Gasteiger partial charge in [-0.05, 0) is 43.1 Å². The fourth-order valence-corrected chi connectivity index (χ4v) is 3.50. The SMILES string of the molecule is Clc1[nH]c2ccc(Br)cc2c1CCCN1CCNCC1. The molecule has 0 radical (unpaired) electrons. The normalized spacial score (nSPS) is 16.9. The molecule has 1 aliphatic rings. The van der Waals surface area contributed by atoms with Crippen LogP contribution in [0.2, 0.25) is 5.15 Å². The van der Waals surface area contributed by atoms with Gasteiger partial charge in [0.25, 0.3) is 0 Å². The molecule has 1 aromatic heterocycles. The lowest BCUT2D eigenvalue weighted by Gasteiger charge is -2.27. The maximum Gasteiger partial charge on any atom is 0.110 e. The summed E-state index contributed by atoms with van der Waals surface area (Å²) in [5.74, 6) is 0. The Hall–Kier alpha value is -0.550. The Kier molecular flexibility index (Phi) is 4.66. The zero-order valence-corrected chi connectivity index (χ0v) is 13.7. The molecule has 0 atom stereocenters. The number of H-pyrrole nitrogens is 1. The van der Waals surface area contributed by atoms with Crippen LogP contribution < -0.4 is 5.32 Å². The number of fused-ring (bicyclic) bond motifs is 1. The van der Waals surface area contributed by atoms with Crippen molar-refractivity contribution >= 4 is 38.4 Å². The van der Waals surface area contributed by atoms with E-state index in [4.69, 9.17) is 11.6 Å². The number of nitrogens with zero attached hydrogens (tertiary/aromatic N) is 1. The van der Waals surface area contributed by atoms with Crippen LogP contribution >= 0.6 is 27.5 Å². The number of halogens is 2. The molecule has 0 spiro atoms. The van der Waals surface area contributed by atoms with Crippen LogP contribution in [0, 0.1) is 0 Å². The zero-order chi connectivity index (χ0) is 13.9. The molecule has 0 unspecified atom stereocenters. The molecule has 1 fully saturated rings. The molecule has 0 amide bonds. The first kappa shape index (κ1) is 14.4. The highest BCUT2D eigenvalue weighted by molar-refractivity contribution is 9.10. The second-order valence-electron chi connectivity index (χ2n) is 5.30. The van der Waals surface area contributed by atoms with E-state index in [1.807, 2.05) is 6.07 Å². The summed E-state index contributed by atoms with van der Waals surface area (Å²) in [6.45, 7) is 5.70. The Labute approximate surface area is 132 Å². The van der Waals surface area contributed by atoms with Crippen LogP contribution in [-0.2, 0) is 6.42 Å². The molecular weight excluding hydrogens is 338 g/mol. The lowest BCUT2D eigenvalue weighted by atomic mass is 10.1. The van der Waals surface area contributed by atoms with Gasteiger partial charge in [0.1, 0.15) is 5.15 Å². The first-order chi connectivity index (χ1) is 9.74. The van der Waals surface area contributed by atoms with Crippen LogP contribution in [0.25, 0.3) is 10.9 Å². The van der Waals surface area contributed by atoms with Crippen LogP contribution in [0.1, 0.15) is 12.0 Å². The van der Waals surface area contributed by atoms with Crippen molar-refractivity contribution < 1.29 is 0 Å². The highest BCUT2D eigenvalue weighted by Crippen LogP contribution is 2.29. The van der Waals surface area contributed by atoms with Crippen molar-refractivity contribution in [2.24, 2.45) is 0 Å². The molecule has 108 valence electrons. The number of rotatable bonds is 4. The van der Waals surface area contributed by atoms with Gasteiger partial charge in [-0.15, -0.1) is 0 Å². The minimum Gasteiger partial charge on any atom is -0.345 e. The van der Waals surface area contributed by atoms with Crippen LogP contribution in [0.5, 0.6) is 0 Å². The summed E-state index contributed by atoms with van der Waals surface area (Å²) in [7, 11) is 0. The van der Waals surface area contributed by atoms with Gasteiger partial charge in [-0.1, -0.05) is 27.5 Å². The Bertz CT molecular complexity index is 590. The molecule has 1 aliphatic heterocycles. The fourth-order valence-electron chi connectivity index (χ4n) is 2.85. The number of hydrogen-bond acceptors (Lipinski definition) is 2. The zero-order valence-electron chi connectivity index (χ0n) is 11.4. The standard InChI is InChI=1S/C15H19BrClN3/c16-11-3-4-14-13(10-11)12(15(17)19-14)2-1-7-20-8-5-18-6-9-20/h3-4,10,18-19H,1-2,5-9H2. The van der Waals surface area contributed by atoms with E-state index in [0.29, 0.717) is 0 Å². The number of benzene rings is 1. The maximum absolute atomic E-state index is 6.35. The van der Waals surface area contributed by atoms with Crippen molar-refractivity contribution in [3.8, 4) is 0 Å². The van der Waals surface area contributed by atoms with Crippen LogP contribution in [0.4, 0.5) is 0 Å². The molecule has 1 aromatic carbocycles. The number of hydrogen-bond donors (Lipinski definition) is 2. The minimum absolute atomic E-state index is 0.790. The van der Waals surface area contributed by atoms with Crippen LogP contribution in [0.15, 0.2) is 22.7 Å². The molecule has 1 saturated heterocycles. The maximum atomic E-state index is 6.35. The van der Waals surface area contributed by atoms with Crippen molar-refractivity contribution in [3.05, 3.63) is 33.4 Å². The number of aromatic amines is 1. The van der Waals surface area contributed by atoms with Crippen LogP contribution in [-0.4, -0.2) is 42.6 Å². The lowest BCUT2D eigenvalue weighted by molar-refractivity contribution is 0.238. The van der Waals surface area contributed by atoms with Gasteiger partial charge < -0.3 is 15.2 Å². The van der Waals surface area contributed by atoms with E-state index in [-0.39, 0.29) is 0 Å². The van der Waals surface area contributed by atoms with Crippen molar-refractivity contribution in [3.63, 3.8) is 0 Å². The number of nitrogens with one attached hydrogen (secondary N) is 2. The lowest BCUT2D eigenvalue weighted by Crippen LogP contribution is -2.43. The average Bonchev–Trinajstić information content (AvgIpc) is 2.76. The smallest absolute Gasteiger partial charge is 0.110 e. The first-order valence-electron chi connectivity index (χ1n) is 7.13. The van der Waals surface area contributed by atoms with Crippen molar-refractivity contribution in [2.75, 3.05) is 32.7 Å². The summed E-state index contributed by atoms with van der Waals surface area (Å²) in [4.78, 5) is 5.79. The van der Waals surface area contributed by atoms with Crippen LogP contribution in [0.3, 0.4) is 0 Å². The summed E-state index contributed by atoms with van der Waals surface area (Å²) in [5.41, 5.74) is 2.37. The molecule has 0 saturated carbocycles. The third-order valence-corrected chi connectivity index (χ3v) is 4.74. The molecule has 2 N–H and O–H groups in total. The van der Waals surface area contributed by atoms with E-state index in [2.05, 4.69) is 43.3 Å². The van der Waals surface area contributed by atoms with E-state index in [1.165, 1.54) is 10.9 Å². The molecule has 20 heavy (non-hydrogen) atoms. The summed E-state index contributed by atoms with van der Waals surface area (Å²) in [6, 6.07) is 6.27. The largest absolute Gasteiger partial charge is 0.345 e. The Morgan fingerprint density at radius 1 is 1.25 bits per heavy atom. The van der Waals surface area contributed by atoms with E-state index in [0.717, 1.165) is 60.7 Å². The number of aromatic nitrogens is 1. The first-order valence-corrected chi connectivity index (χ1v) is 8.30. The van der Waals surface area contributed by atoms with Gasteiger partial charge in [0.05, 0.1) is 0 Å². The minimum atomic E-state index is 0.790. The molecule has 2 heterocycles. The van der Waals surface area contributed by atoms with Gasteiger partial charge in [0, 0.05) is 41.6 Å². The Morgan fingerprint density at radius 2 is 2.05 bits per heavy atom. The summed E-state index contributed by atoms with van der Waals surface area (Å²) >= 11 is 9.88. The van der Waals surface area contributed by atoms with Crippen molar-refractivity contribution in [2.45, 2.75) is 12.8 Å². The second-order valence-corrected chi connectivity index (χ2v) is 6.60. The predicted molar refractivity (Wildman–Crippen MR) is 88.6 cm³/mol. The molecular formula is C15H19BrClN3. The van der Waals surface area contributed by atoms with Crippen molar-refractivity contribution in [1.82, 2.24) is 15.2 Å². The Morgan fingerprint density at radius 3 is 2.85 bits per heavy atom. The summed E-state index contributed by atoms with van der Waals surface area (Å²) in [6.07, 6.45) is 2.18. The van der Waals surface area contributed by atoms with Gasteiger partial charge in [-0.2, -0.15) is 0 Å². The highest BCUT2D eigenvalue weighted by Gasteiger charge is 2.12. The molecule has 3 nitrogen and oxygen atoms in total. The third-order valence-electron chi connectivity index (χ3n) is 3.93. The molecule has 0 bridgehead atoms. The number of aryl methyl sites for hydroxylation is 1. The molecule has 0 aliphatic carbocycles. The third kappa shape index (κ3) is 3.19. The van der Waals surface area contributed by atoms with Gasteiger partial charge in [-0.3, -0.25) is 0 Å². The fraction of sp³-hybridized carbons (Fsp3) is 0.467. The van der Waals surface area contributed by atoms with E-state index < -0.39 is 0 Å². The van der Waals surface area contributed by atoms with Gasteiger partial charge in [0.2, 0.25) is 0 Å². The highest BCUT2D eigenvalue weighted by atomic mass is 79.9. The van der Waals surface area contributed by atoms with Gasteiger partial charge in [0.15, 0.2) is 0 Å². The predicted octanol–water partition coefficient (Wildman–Crippen LogP) is 3.42. The van der Waals surface area contributed by atoms with E-state index in [1.54, 1.807) is 0 Å². The molecule has 5 heteroatoms. The van der Waals surface area contributed by atoms with Crippen molar-refractivity contribution in [1.29, 1.82) is 0 Å². The van der Waals surface area contributed by atoms with Gasteiger partial charge >= 0.3 is 0 Å². The molecule has 2 aromatic rings. The quantitative estimate of drug-likeness (QED) is 0.879. The Balaban J connectivity index is 1.67. The second kappa shape index (κ2) is 6.48. The van der Waals surface area contributed by atoms with E-state index >= 15 is 0 Å². The molecule has 3 rings (SSSR count). The average molecular weight is 357 g/mol.